The molecule has 0 saturated carbocycles. The van der Waals surface area contributed by atoms with Crippen LogP contribution in [-0.2, 0) is 19.1 Å². The molecule has 1 aliphatic rings. The minimum absolute atomic E-state index is 0.0233. The van der Waals surface area contributed by atoms with Crippen molar-refractivity contribution in [3.63, 3.8) is 0 Å². The lowest BCUT2D eigenvalue weighted by Gasteiger charge is -2.19. The molecule has 1 N–H and O–H groups in total. The van der Waals surface area contributed by atoms with Crippen LogP contribution in [0.25, 0.3) is 0 Å². The van der Waals surface area contributed by atoms with Crippen molar-refractivity contribution in [1.29, 1.82) is 0 Å². The van der Waals surface area contributed by atoms with Gasteiger partial charge in [0.05, 0.1) is 0 Å². The van der Waals surface area contributed by atoms with E-state index in [9.17, 15) is 14.4 Å². The second-order valence-corrected chi connectivity index (χ2v) is 6.61. The first kappa shape index (κ1) is 19.0. The number of benzene rings is 1. The van der Waals surface area contributed by atoms with Crippen molar-refractivity contribution in [1.82, 2.24) is 4.90 Å². The molecule has 6 heteroatoms. The lowest BCUT2D eigenvalue weighted by atomic mass is 10.1. The van der Waals surface area contributed by atoms with Crippen LogP contribution in [0.15, 0.2) is 12.1 Å². The molecule has 0 aliphatic carbocycles. The normalized spacial score (nSPS) is 14.8. The predicted octanol–water partition coefficient (Wildman–Crippen LogP) is 2.50. The Kier molecular flexibility index (Phi) is 6.56. The molecule has 0 aromatic heterocycles. The molecule has 2 rings (SSSR count). The van der Waals surface area contributed by atoms with Crippen molar-refractivity contribution in [3.8, 4) is 0 Å². The summed E-state index contributed by atoms with van der Waals surface area (Å²) in [5.41, 5.74) is 3.80. The molecular formula is C19H26N2O4. The van der Waals surface area contributed by atoms with Gasteiger partial charge in [-0.2, -0.15) is 0 Å². The van der Waals surface area contributed by atoms with Crippen LogP contribution in [0.2, 0.25) is 0 Å². The lowest BCUT2D eigenvalue weighted by Crippen LogP contribution is -2.36. The molecule has 1 saturated heterocycles. The third-order valence-corrected chi connectivity index (χ3v) is 4.30. The molecular weight excluding hydrogens is 320 g/mol. The van der Waals surface area contributed by atoms with E-state index in [1.807, 2.05) is 32.9 Å². The van der Waals surface area contributed by atoms with Gasteiger partial charge >= 0.3 is 5.97 Å². The Bertz CT molecular complexity index is 646. The van der Waals surface area contributed by atoms with Gasteiger partial charge in [-0.05, 0) is 44.7 Å². The number of esters is 1. The molecule has 0 spiro atoms. The molecule has 2 amide bonds. The molecule has 1 aromatic carbocycles. The Labute approximate surface area is 148 Å². The number of ether oxygens (including phenoxy) is 1. The molecule has 1 fully saturated rings. The number of carbonyl (C=O) groups excluding carboxylic acids is 3. The Morgan fingerprint density at radius 2 is 1.80 bits per heavy atom. The summed E-state index contributed by atoms with van der Waals surface area (Å²) in [6.07, 6.45) is 3.22. The number of amides is 2. The maximum atomic E-state index is 12.0. The molecule has 0 unspecified atom stereocenters. The van der Waals surface area contributed by atoms with Crippen LogP contribution in [-0.4, -0.2) is 42.4 Å². The SMILES string of the molecule is Cc1cc(C)c(NC(=O)COC(=O)CN2CCCCCC2=O)c(C)c1. The first-order valence-electron chi connectivity index (χ1n) is 8.68. The number of anilines is 1. The van der Waals surface area contributed by atoms with E-state index in [-0.39, 0.29) is 25.0 Å². The lowest BCUT2D eigenvalue weighted by molar-refractivity contribution is -0.151. The molecule has 25 heavy (non-hydrogen) atoms. The second kappa shape index (κ2) is 8.65. The van der Waals surface area contributed by atoms with E-state index >= 15 is 0 Å². The van der Waals surface area contributed by atoms with Crippen molar-refractivity contribution < 1.29 is 19.1 Å². The predicted molar refractivity (Wildman–Crippen MR) is 95.3 cm³/mol. The summed E-state index contributed by atoms with van der Waals surface area (Å²) in [6.45, 7) is 5.97. The van der Waals surface area contributed by atoms with Crippen molar-refractivity contribution in [3.05, 3.63) is 28.8 Å². The molecule has 136 valence electrons. The van der Waals surface area contributed by atoms with Crippen LogP contribution >= 0.6 is 0 Å². The Hall–Kier alpha value is -2.37. The molecule has 1 aliphatic heterocycles. The average Bonchev–Trinajstić information content (AvgIpc) is 2.74. The van der Waals surface area contributed by atoms with E-state index in [0.717, 1.165) is 41.6 Å². The topological polar surface area (TPSA) is 75.7 Å². The number of hydrogen-bond donors (Lipinski definition) is 1. The summed E-state index contributed by atoms with van der Waals surface area (Å²) in [6, 6.07) is 3.97. The number of carbonyl (C=O) groups is 3. The summed E-state index contributed by atoms with van der Waals surface area (Å²) in [5.74, 6) is -0.960. The van der Waals surface area contributed by atoms with Crippen molar-refractivity contribution >= 4 is 23.5 Å². The van der Waals surface area contributed by atoms with Crippen LogP contribution in [0.1, 0.15) is 42.4 Å². The highest BCUT2D eigenvalue weighted by atomic mass is 16.5. The van der Waals surface area contributed by atoms with Gasteiger partial charge in [-0.15, -0.1) is 0 Å². The van der Waals surface area contributed by atoms with Gasteiger partial charge in [0.15, 0.2) is 6.61 Å². The third kappa shape index (κ3) is 5.59. The molecule has 0 bridgehead atoms. The minimum atomic E-state index is -0.553. The number of hydrogen-bond acceptors (Lipinski definition) is 4. The fourth-order valence-electron chi connectivity index (χ4n) is 3.11. The number of nitrogens with zero attached hydrogens (tertiary/aromatic N) is 1. The fourth-order valence-corrected chi connectivity index (χ4v) is 3.11. The summed E-state index contributed by atoms with van der Waals surface area (Å²) in [7, 11) is 0. The molecule has 1 aromatic rings. The van der Waals surface area contributed by atoms with E-state index in [1.165, 1.54) is 4.90 Å². The van der Waals surface area contributed by atoms with Gasteiger partial charge < -0.3 is 15.0 Å². The maximum absolute atomic E-state index is 12.0. The van der Waals surface area contributed by atoms with Crippen LogP contribution in [0.3, 0.4) is 0 Å². The second-order valence-electron chi connectivity index (χ2n) is 6.61. The fraction of sp³-hybridized carbons (Fsp3) is 0.526. The number of rotatable bonds is 5. The summed E-state index contributed by atoms with van der Waals surface area (Å²) < 4.78 is 5.03. The largest absolute Gasteiger partial charge is 0.454 e. The molecule has 0 atom stereocenters. The minimum Gasteiger partial charge on any atom is -0.454 e. The first-order chi connectivity index (χ1) is 11.9. The number of nitrogens with one attached hydrogen (secondary N) is 1. The van der Waals surface area contributed by atoms with E-state index in [1.54, 1.807) is 0 Å². The van der Waals surface area contributed by atoms with E-state index in [0.29, 0.717) is 13.0 Å². The zero-order chi connectivity index (χ0) is 18.4. The quantitative estimate of drug-likeness (QED) is 0.831. The average molecular weight is 346 g/mol. The van der Waals surface area contributed by atoms with E-state index in [4.69, 9.17) is 4.74 Å². The zero-order valence-electron chi connectivity index (χ0n) is 15.2. The molecule has 0 radical (unpaired) electrons. The van der Waals surface area contributed by atoms with E-state index in [2.05, 4.69) is 5.32 Å². The van der Waals surface area contributed by atoms with Crippen LogP contribution in [0.5, 0.6) is 0 Å². The standard InChI is InChI=1S/C19H26N2O4/c1-13-9-14(2)19(15(3)10-13)20-16(22)12-25-18(24)11-21-8-6-4-5-7-17(21)23/h9-10H,4-8,11-12H2,1-3H3,(H,20,22). The number of likely N-dealkylation sites (tertiary alicyclic amines) is 1. The van der Waals surface area contributed by atoms with Gasteiger partial charge in [0, 0.05) is 18.7 Å². The van der Waals surface area contributed by atoms with Crippen molar-refractivity contribution in [2.75, 3.05) is 25.0 Å². The van der Waals surface area contributed by atoms with Crippen LogP contribution in [0, 0.1) is 20.8 Å². The summed E-state index contributed by atoms with van der Waals surface area (Å²) in [4.78, 5) is 37.3. The first-order valence-corrected chi connectivity index (χ1v) is 8.68. The highest BCUT2D eigenvalue weighted by Crippen LogP contribution is 2.21. The van der Waals surface area contributed by atoms with Gasteiger partial charge in [0.1, 0.15) is 6.54 Å². The summed E-state index contributed by atoms with van der Waals surface area (Å²) in [5, 5.41) is 2.79. The smallest absolute Gasteiger partial charge is 0.326 e. The molecule has 1 heterocycles. The van der Waals surface area contributed by atoms with Gasteiger partial charge in [-0.1, -0.05) is 24.1 Å². The Balaban J connectivity index is 1.83. The maximum Gasteiger partial charge on any atom is 0.326 e. The number of aryl methyl sites for hydroxylation is 3. The highest BCUT2D eigenvalue weighted by molar-refractivity contribution is 5.94. The zero-order valence-corrected chi connectivity index (χ0v) is 15.2. The third-order valence-electron chi connectivity index (χ3n) is 4.30. The van der Waals surface area contributed by atoms with Gasteiger partial charge in [-0.25, -0.2) is 0 Å². The van der Waals surface area contributed by atoms with Crippen LogP contribution in [0.4, 0.5) is 5.69 Å². The van der Waals surface area contributed by atoms with E-state index < -0.39 is 5.97 Å². The van der Waals surface area contributed by atoms with Crippen molar-refractivity contribution in [2.45, 2.75) is 46.5 Å². The van der Waals surface area contributed by atoms with Crippen LogP contribution < -0.4 is 5.32 Å². The Morgan fingerprint density at radius 1 is 1.12 bits per heavy atom. The van der Waals surface area contributed by atoms with Crippen molar-refractivity contribution in [2.24, 2.45) is 0 Å². The van der Waals surface area contributed by atoms with Gasteiger partial charge in [0.2, 0.25) is 5.91 Å². The Morgan fingerprint density at radius 3 is 2.48 bits per heavy atom. The summed E-state index contributed by atoms with van der Waals surface area (Å²) >= 11 is 0. The van der Waals surface area contributed by atoms with Gasteiger partial charge in [0.25, 0.3) is 5.91 Å². The van der Waals surface area contributed by atoms with Gasteiger partial charge in [-0.3, -0.25) is 14.4 Å². The highest BCUT2D eigenvalue weighted by Gasteiger charge is 2.20. The molecule has 6 nitrogen and oxygen atoms in total. The monoisotopic (exact) mass is 346 g/mol.